The van der Waals surface area contributed by atoms with E-state index >= 15 is 0 Å². The van der Waals surface area contributed by atoms with Gasteiger partial charge in [-0.25, -0.2) is 0 Å². The molecule has 0 radical (unpaired) electrons. The Kier molecular flexibility index (Phi) is 8.15. The molecule has 2 aromatic rings. The van der Waals surface area contributed by atoms with Gasteiger partial charge >= 0.3 is 0 Å². The summed E-state index contributed by atoms with van der Waals surface area (Å²) in [5, 5.41) is 22.8. The summed E-state index contributed by atoms with van der Waals surface area (Å²) in [6, 6.07) is 8.14. The fraction of sp³-hybridized carbons (Fsp3) is 0.577. The van der Waals surface area contributed by atoms with Gasteiger partial charge in [0.1, 0.15) is 12.4 Å². The first-order valence-corrected chi connectivity index (χ1v) is 11.8. The first kappa shape index (κ1) is 24.5. The van der Waals surface area contributed by atoms with Crippen LogP contribution in [0, 0.1) is 17.3 Å². The van der Waals surface area contributed by atoms with Crippen molar-refractivity contribution in [1.82, 2.24) is 4.98 Å². The van der Waals surface area contributed by atoms with Crippen molar-refractivity contribution in [2.24, 2.45) is 23.0 Å². The minimum absolute atomic E-state index is 0.0576. The van der Waals surface area contributed by atoms with Crippen molar-refractivity contribution in [3.8, 4) is 0 Å². The number of rotatable bonds is 10. The van der Waals surface area contributed by atoms with Gasteiger partial charge in [0.05, 0.1) is 17.0 Å². The summed E-state index contributed by atoms with van der Waals surface area (Å²) >= 11 is 0. The second-order valence-corrected chi connectivity index (χ2v) is 9.70. The third-order valence-electron chi connectivity index (χ3n) is 7.35. The number of Topliss-reactive ketones (excluding diaryl/α,β-unsaturated/α-hetero) is 1. The van der Waals surface area contributed by atoms with Gasteiger partial charge in [0.15, 0.2) is 5.78 Å². The van der Waals surface area contributed by atoms with Crippen molar-refractivity contribution >= 4 is 23.0 Å². The Hall–Kier alpha value is -2.15. The molecule has 32 heavy (non-hydrogen) atoms. The minimum Gasteiger partial charge on any atom is -0.391 e. The normalized spacial score (nSPS) is 19.9. The van der Waals surface area contributed by atoms with Crippen molar-refractivity contribution in [2.75, 3.05) is 0 Å². The molecule has 0 amide bonds. The van der Waals surface area contributed by atoms with E-state index in [2.05, 4.69) is 4.98 Å². The Morgan fingerprint density at radius 2 is 1.91 bits per heavy atom. The monoisotopic (exact) mass is 440 g/mol. The molecule has 1 aliphatic rings. The predicted octanol–water partition coefficient (Wildman–Crippen LogP) is 3.67. The molecule has 1 fully saturated rings. The molecule has 0 aliphatic heterocycles. The molecule has 4 N–H and O–H groups in total. The zero-order valence-electron chi connectivity index (χ0n) is 19.1. The van der Waals surface area contributed by atoms with Gasteiger partial charge in [0, 0.05) is 23.2 Å². The van der Waals surface area contributed by atoms with Crippen molar-refractivity contribution in [3.63, 3.8) is 0 Å². The molecule has 1 aliphatic carbocycles. The molecule has 3 rings (SSSR count). The highest BCUT2D eigenvalue weighted by molar-refractivity contribution is 6.10. The Balaban J connectivity index is 1.83. The number of nitrogens with two attached hydrogens (primary N) is 1. The lowest BCUT2D eigenvalue weighted by Gasteiger charge is -2.39. The highest BCUT2D eigenvalue weighted by Crippen LogP contribution is 2.38. The number of aliphatic hydroxyl groups is 2. The van der Waals surface area contributed by atoms with Crippen molar-refractivity contribution in [2.45, 2.75) is 77.0 Å². The van der Waals surface area contributed by atoms with Crippen LogP contribution in [0.3, 0.4) is 0 Å². The quantitative estimate of drug-likeness (QED) is 0.384. The van der Waals surface area contributed by atoms with Crippen LogP contribution >= 0.6 is 0 Å². The summed E-state index contributed by atoms with van der Waals surface area (Å²) in [4.78, 5) is 30.0. The lowest BCUT2D eigenvalue weighted by molar-refractivity contribution is -0.128. The summed E-state index contributed by atoms with van der Waals surface area (Å²) in [5.74, 6) is -0.436. The van der Waals surface area contributed by atoms with Gasteiger partial charge in [-0.3, -0.25) is 9.78 Å². The van der Waals surface area contributed by atoms with Crippen molar-refractivity contribution < 1.29 is 19.8 Å². The zero-order chi connectivity index (χ0) is 23.3. The molecule has 1 heterocycles. The number of aldehydes is 1. The molecule has 4 atom stereocenters. The molecule has 0 bridgehead atoms. The molecule has 1 saturated carbocycles. The van der Waals surface area contributed by atoms with Gasteiger partial charge in [-0.1, -0.05) is 64.2 Å². The van der Waals surface area contributed by atoms with Gasteiger partial charge < -0.3 is 20.7 Å². The second kappa shape index (κ2) is 10.6. The molecule has 0 saturated heterocycles. The number of aliphatic hydroxyl groups excluding tert-OH is 2. The summed E-state index contributed by atoms with van der Waals surface area (Å²) in [6.45, 7) is 3.57. The van der Waals surface area contributed by atoms with E-state index in [0.717, 1.165) is 12.8 Å². The van der Waals surface area contributed by atoms with Crippen LogP contribution in [0.1, 0.15) is 69.2 Å². The van der Waals surface area contributed by atoms with E-state index in [1.54, 1.807) is 50.4 Å². The lowest BCUT2D eigenvalue weighted by Crippen LogP contribution is -2.51. The molecule has 1 aromatic carbocycles. The summed E-state index contributed by atoms with van der Waals surface area (Å²) in [6.07, 6.45) is 6.17. The SMILES string of the molecule is CC(C)[C@](C=O)(C[C@H](O)[C@@H](N)CC1CCCCC1)C(O)C(=O)c1cccc2ncccc12. The van der Waals surface area contributed by atoms with Crippen LogP contribution in [0.5, 0.6) is 0 Å². The van der Waals surface area contributed by atoms with Crippen LogP contribution in [-0.4, -0.2) is 45.5 Å². The molecule has 1 aromatic heterocycles. The van der Waals surface area contributed by atoms with E-state index in [9.17, 15) is 19.8 Å². The number of carbonyl (C=O) groups excluding carboxylic acids is 2. The van der Waals surface area contributed by atoms with Gasteiger partial charge in [-0.2, -0.15) is 0 Å². The average molecular weight is 441 g/mol. The van der Waals surface area contributed by atoms with E-state index in [-0.39, 0.29) is 12.3 Å². The van der Waals surface area contributed by atoms with Gasteiger partial charge in [0.25, 0.3) is 0 Å². The number of carbonyl (C=O) groups is 2. The number of benzene rings is 1. The topological polar surface area (TPSA) is 114 Å². The molecule has 6 nitrogen and oxygen atoms in total. The highest BCUT2D eigenvalue weighted by Gasteiger charge is 2.47. The van der Waals surface area contributed by atoms with E-state index in [1.807, 2.05) is 0 Å². The third-order valence-corrected chi connectivity index (χ3v) is 7.35. The second-order valence-electron chi connectivity index (χ2n) is 9.70. The lowest BCUT2D eigenvalue weighted by atomic mass is 9.67. The maximum absolute atomic E-state index is 13.4. The Morgan fingerprint density at radius 1 is 1.19 bits per heavy atom. The summed E-state index contributed by atoms with van der Waals surface area (Å²) < 4.78 is 0. The standard InChI is InChI=1S/C26H36N2O4/c1-17(2)26(16-29,15-23(30)21(27)14-18-8-4-3-5-9-18)25(32)24(31)20-10-6-12-22-19(20)11-7-13-28-22/h6-7,10-13,16-18,21,23,25,30,32H,3-5,8-9,14-15,27H2,1-2H3/t21-,23-,25?,26+/m0/s1. The van der Waals surface area contributed by atoms with Crippen molar-refractivity contribution in [3.05, 3.63) is 42.1 Å². The first-order valence-electron chi connectivity index (χ1n) is 11.8. The van der Waals surface area contributed by atoms with Crippen molar-refractivity contribution in [1.29, 1.82) is 0 Å². The number of hydrogen-bond donors (Lipinski definition) is 3. The number of fused-ring (bicyclic) bond motifs is 1. The van der Waals surface area contributed by atoms with Gasteiger partial charge in [0.2, 0.25) is 0 Å². The van der Waals surface area contributed by atoms with Crippen LogP contribution in [-0.2, 0) is 4.79 Å². The minimum atomic E-state index is -1.60. The number of pyridine rings is 1. The Morgan fingerprint density at radius 3 is 2.56 bits per heavy atom. The predicted molar refractivity (Wildman–Crippen MR) is 125 cm³/mol. The van der Waals surface area contributed by atoms with Crippen LogP contribution in [0.4, 0.5) is 0 Å². The fourth-order valence-corrected chi connectivity index (χ4v) is 5.10. The average Bonchev–Trinajstić information content (AvgIpc) is 2.81. The number of aromatic nitrogens is 1. The van der Waals surface area contributed by atoms with E-state index in [4.69, 9.17) is 5.73 Å². The van der Waals surface area contributed by atoms with E-state index in [1.165, 1.54) is 19.3 Å². The van der Waals surface area contributed by atoms with Crippen LogP contribution in [0.15, 0.2) is 36.5 Å². The third kappa shape index (κ3) is 5.08. The molecular weight excluding hydrogens is 404 g/mol. The summed E-state index contributed by atoms with van der Waals surface area (Å²) in [5.41, 5.74) is 5.85. The number of hydrogen-bond acceptors (Lipinski definition) is 6. The van der Waals surface area contributed by atoms with Gasteiger partial charge in [-0.05, 0) is 36.8 Å². The maximum atomic E-state index is 13.4. The fourth-order valence-electron chi connectivity index (χ4n) is 5.10. The number of ketones is 1. The van der Waals surface area contributed by atoms with Crippen LogP contribution in [0.2, 0.25) is 0 Å². The van der Waals surface area contributed by atoms with Crippen LogP contribution < -0.4 is 5.73 Å². The number of nitrogens with zero attached hydrogens (tertiary/aromatic N) is 1. The van der Waals surface area contributed by atoms with E-state index < -0.39 is 29.4 Å². The Labute approximate surface area is 190 Å². The maximum Gasteiger partial charge on any atom is 0.192 e. The summed E-state index contributed by atoms with van der Waals surface area (Å²) in [7, 11) is 0. The molecule has 174 valence electrons. The van der Waals surface area contributed by atoms with Gasteiger partial charge in [-0.15, -0.1) is 0 Å². The first-order chi connectivity index (χ1) is 15.3. The molecule has 6 heteroatoms. The zero-order valence-corrected chi connectivity index (χ0v) is 19.1. The molecular formula is C26H36N2O4. The van der Waals surface area contributed by atoms with Crippen LogP contribution in [0.25, 0.3) is 10.9 Å². The largest absolute Gasteiger partial charge is 0.391 e. The Bertz CT molecular complexity index is 920. The van der Waals surface area contributed by atoms with E-state index in [0.29, 0.717) is 35.1 Å². The smallest absolute Gasteiger partial charge is 0.192 e. The molecule has 0 spiro atoms. The highest BCUT2D eigenvalue weighted by atomic mass is 16.3. The molecule has 1 unspecified atom stereocenters.